The second-order valence-electron chi connectivity index (χ2n) is 8.78. The van der Waals surface area contributed by atoms with Gasteiger partial charge in [-0.3, -0.25) is 4.79 Å². The molecule has 172 valence electrons. The molecule has 2 aromatic carbocycles. The average molecular weight is 456 g/mol. The summed E-state index contributed by atoms with van der Waals surface area (Å²) in [5, 5.41) is 3.40. The van der Waals surface area contributed by atoms with E-state index in [1.165, 1.54) is 0 Å². The van der Waals surface area contributed by atoms with Gasteiger partial charge in [0, 0.05) is 35.4 Å². The predicted octanol–water partition coefficient (Wildman–Crippen LogP) is 4.93. The number of hydrogen-bond donors (Lipinski definition) is 1. The molecule has 1 unspecified atom stereocenters. The van der Waals surface area contributed by atoms with Crippen LogP contribution in [0.4, 0.5) is 0 Å². The highest BCUT2D eigenvalue weighted by Crippen LogP contribution is 2.36. The van der Waals surface area contributed by atoms with E-state index in [1.807, 2.05) is 44.4 Å². The van der Waals surface area contributed by atoms with Gasteiger partial charge in [0.15, 0.2) is 11.4 Å². The quantitative estimate of drug-likeness (QED) is 0.346. The Hall–Kier alpha value is -2.31. The fourth-order valence-corrected chi connectivity index (χ4v) is 4.64. The molecule has 1 aliphatic heterocycles. The fourth-order valence-electron chi connectivity index (χ4n) is 4.23. The van der Waals surface area contributed by atoms with Gasteiger partial charge in [0.2, 0.25) is 0 Å². The van der Waals surface area contributed by atoms with Crippen LogP contribution in [-0.2, 0) is 9.53 Å². The van der Waals surface area contributed by atoms with E-state index >= 15 is 0 Å². The van der Waals surface area contributed by atoms with Crippen molar-refractivity contribution in [3.63, 3.8) is 0 Å². The number of hydrogen-bond acceptors (Lipinski definition) is 6. The molecule has 1 fully saturated rings. The molecule has 2 atom stereocenters. The lowest BCUT2D eigenvalue weighted by Crippen LogP contribution is -2.40. The monoisotopic (exact) mass is 455 g/mol. The standard InChI is InChI=1S/C26H33NO4S/c1-7-30-25(29)26(4,5)31-24-16(2)12-19(13-17(24)3)21-14-27-15-22(21)23(28)18-8-10-20(32-6)11-9-18/h8-13,21-22,27H,7,14-15H2,1-6H3/t21-,22?/m0/s1. The first kappa shape index (κ1) is 24.3. The molecule has 5 nitrogen and oxygen atoms in total. The van der Waals surface area contributed by atoms with Crippen molar-refractivity contribution in [1.82, 2.24) is 5.32 Å². The summed E-state index contributed by atoms with van der Waals surface area (Å²) in [6.07, 6.45) is 2.03. The van der Waals surface area contributed by atoms with E-state index in [9.17, 15) is 9.59 Å². The number of carbonyl (C=O) groups is 2. The normalized spacial score (nSPS) is 18.4. The molecule has 0 aliphatic carbocycles. The number of esters is 1. The summed E-state index contributed by atoms with van der Waals surface area (Å²) in [5.74, 6) is 0.449. The van der Waals surface area contributed by atoms with Crippen molar-refractivity contribution in [2.24, 2.45) is 5.92 Å². The van der Waals surface area contributed by atoms with E-state index < -0.39 is 5.60 Å². The minimum absolute atomic E-state index is 0.0900. The van der Waals surface area contributed by atoms with Gasteiger partial charge in [0.05, 0.1) is 6.61 Å². The van der Waals surface area contributed by atoms with Crippen LogP contribution in [0, 0.1) is 19.8 Å². The number of ketones is 1. The SMILES string of the molecule is CCOC(=O)C(C)(C)Oc1c(C)cc([C@@H]2CNCC2C(=O)c2ccc(SC)cc2)cc1C. The van der Waals surface area contributed by atoms with Crippen molar-refractivity contribution in [1.29, 1.82) is 0 Å². The Morgan fingerprint density at radius 3 is 2.28 bits per heavy atom. The molecular formula is C26H33NO4S. The maximum atomic E-state index is 13.3. The summed E-state index contributed by atoms with van der Waals surface area (Å²) in [4.78, 5) is 26.7. The number of nitrogens with one attached hydrogen (secondary N) is 1. The zero-order valence-electron chi connectivity index (χ0n) is 19.8. The second-order valence-corrected chi connectivity index (χ2v) is 9.66. The first-order valence-corrected chi connectivity index (χ1v) is 12.3. The summed E-state index contributed by atoms with van der Waals surface area (Å²) in [7, 11) is 0. The van der Waals surface area contributed by atoms with Crippen molar-refractivity contribution in [2.45, 2.75) is 51.0 Å². The van der Waals surface area contributed by atoms with Crippen LogP contribution in [0.3, 0.4) is 0 Å². The van der Waals surface area contributed by atoms with Crippen molar-refractivity contribution in [2.75, 3.05) is 26.0 Å². The Balaban J connectivity index is 1.84. The van der Waals surface area contributed by atoms with Crippen LogP contribution in [0.2, 0.25) is 0 Å². The maximum absolute atomic E-state index is 13.3. The summed E-state index contributed by atoms with van der Waals surface area (Å²) >= 11 is 1.67. The molecule has 32 heavy (non-hydrogen) atoms. The molecule has 1 aliphatic rings. The Morgan fingerprint density at radius 1 is 1.09 bits per heavy atom. The molecule has 1 N–H and O–H groups in total. The molecule has 0 bridgehead atoms. The van der Waals surface area contributed by atoms with Crippen molar-refractivity contribution in [3.05, 3.63) is 58.7 Å². The lowest BCUT2D eigenvalue weighted by Gasteiger charge is -2.27. The molecule has 2 aromatic rings. The van der Waals surface area contributed by atoms with E-state index in [0.717, 1.165) is 33.7 Å². The van der Waals surface area contributed by atoms with Gasteiger partial charge in [-0.05, 0) is 69.7 Å². The first-order chi connectivity index (χ1) is 15.2. The average Bonchev–Trinajstić information content (AvgIpc) is 3.26. The van der Waals surface area contributed by atoms with Crippen LogP contribution in [0.1, 0.15) is 53.7 Å². The number of ether oxygens (including phenoxy) is 2. The smallest absolute Gasteiger partial charge is 0.349 e. The van der Waals surface area contributed by atoms with Gasteiger partial charge in [-0.1, -0.05) is 24.3 Å². The number of Topliss-reactive ketones (excluding diaryl/α,β-unsaturated/α-hetero) is 1. The third-order valence-corrected chi connectivity index (χ3v) is 6.70. The molecule has 1 heterocycles. The fraction of sp³-hybridized carbons (Fsp3) is 0.462. The minimum Gasteiger partial charge on any atom is -0.476 e. The number of rotatable bonds is 8. The van der Waals surface area contributed by atoms with Crippen LogP contribution in [0.15, 0.2) is 41.3 Å². The zero-order valence-corrected chi connectivity index (χ0v) is 20.6. The third-order valence-electron chi connectivity index (χ3n) is 5.96. The van der Waals surface area contributed by atoms with Gasteiger partial charge in [-0.15, -0.1) is 11.8 Å². The summed E-state index contributed by atoms with van der Waals surface area (Å²) in [6.45, 7) is 10.9. The summed E-state index contributed by atoms with van der Waals surface area (Å²) in [6, 6.07) is 12.0. The van der Waals surface area contributed by atoms with E-state index in [-0.39, 0.29) is 23.6 Å². The van der Waals surface area contributed by atoms with E-state index in [1.54, 1.807) is 32.5 Å². The van der Waals surface area contributed by atoms with E-state index in [2.05, 4.69) is 17.4 Å². The van der Waals surface area contributed by atoms with Gasteiger partial charge in [0.25, 0.3) is 0 Å². The molecule has 0 aromatic heterocycles. The van der Waals surface area contributed by atoms with Crippen LogP contribution in [0.5, 0.6) is 5.75 Å². The van der Waals surface area contributed by atoms with Crippen molar-refractivity contribution >= 4 is 23.5 Å². The third kappa shape index (κ3) is 5.18. The Kier molecular flexibility index (Phi) is 7.67. The second kappa shape index (κ2) is 10.1. The molecule has 0 saturated carbocycles. The molecule has 1 saturated heterocycles. The number of carbonyl (C=O) groups excluding carboxylic acids is 2. The van der Waals surface area contributed by atoms with Gasteiger partial charge in [0.1, 0.15) is 5.75 Å². The van der Waals surface area contributed by atoms with Crippen LogP contribution in [0.25, 0.3) is 0 Å². The molecule has 0 radical (unpaired) electrons. The highest BCUT2D eigenvalue weighted by Gasteiger charge is 2.36. The Labute approximate surface area is 195 Å². The summed E-state index contributed by atoms with van der Waals surface area (Å²) < 4.78 is 11.3. The van der Waals surface area contributed by atoms with Crippen LogP contribution < -0.4 is 10.1 Å². The molecule has 0 amide bonds. The van der Waals surface area contributed by atoms with Gasteiger partial charge in [-0.2, -0.15) is 0 Å². The molecule has 3 rings (SSSR count). The Morgan fingerprint density at radius 2 is 1.72 bits per heavy atom. The van der Waals surface area contributed by atoms with Crippen molar-refractivity contribution in [3.8, 4) is 5.75 Å². The molecular weight excluding hydrogens is 422 g/mol. The number of thioether (sulfide) groups is 1. The summed E-state index contributed by atoms with van der Waals surface area (Å²) in [5.41, 5.74) is 2.68. The largest absolute Gasteiger partial charge is 0.476 e. The number of aryl methyl sites for hydroxylation is 2. The predicted molar refractivity (Wildman–Crippen MR) is 129 cm³/mol. The highest BCUT2D eigenvalue weighted by atomic mass is 32.2. The van der Waals surface area contributed by atoms with Crippen molar-refractivity contribution < 1.29 is 19.1 Å². The maximum Gasteiger partial charge on any atom is 0.349 e. The van der Waals surface area contributed by atoms with E-state index in [4.69, 9.17) is 9.47 Å². The van der Waals surface area contributed by atoms with Crippen LogP contribution >= 0.6 is 11.8 Å². The molecule has 6 heteroatoms. The minimum atomic E-state index is -1.08. The van der Waals surface area contributed by atoms with Gasteiger partial charge >= 0.3 is 5.97 Å². The lowest BCUT2D eigenvalue weighted by molar-refractivity contribution is -0.158. The van der Waals surface area contributed by atoms with Gasteiger partial charge < -0.3 is 14.8 Å². The Bertz CT molecular complexity index is 961. The first-order valence-electron chi connectivity index (χ1n) is 11.0. The van der Waals surface area contributed by atoms with Crippen LogP contribution in [-0.4, -0.2) is 43.3 Å². The van der Waals surface area contributed by atoms with Gasteiger partial charge in [-0.25, -0.2) is 4.79 Å². The van der Waals surface area contributed by atoms with E-state index in [0.29, 0.717) is 18.9 Å². The molecule has 0 spiro atoms. The highest BCUT2D eigenvalue weighted by molar-refractivity contribution is 7.98. The lowest BCUT2D eigenvalue weighted by atomic mass is 9.82. The topological polar surface area (TPSA) is 64.6 Å². The zero-order chi connectivity index (χ0) is 23.5. The number of benzene rings is 2.